The Bertz CT molecular complexity index is 893. The monoisotopic (exact) mass is 585 g/mol. The zero-order valence-corrected chi connectivity index (χ0v) is 24.4. The van der Waals surface area contributed by atoms with Gasteiger partial charge in [-0.1, -0.05) is 0 Å². The van der Waals surface area contributed by atoms with Crippen LogP contribution in [-0.4, -0.2) is 128 Å². The van der Waals surface area contributed by atoms with Gasteiger partial charge in [-0.2, -0.15) is 8.42 Å². The van der Waals surface area contributed by atoms with Gasteiger partial charge in [-0.25, -0.2) is 4.79 Å². The fourth-order valence-electron chi connectivity index (χ4n) is 4.36. The predicted molar refractivity (Wildman–Crippen MR) is 135 cm³/mol. The molecule has 0 aromatic carbocycles. The molecule has 15 heteroatoms. The number of alkyl carbamates (subject to hydrolysis) is 1. The quantitative estimate of drug-likeness (QED) is 0.198. The number of ether oxygens (including phenoxy) is 9. The molecule has 0 spiro atoms. The highest BCUT2D eigenvalue weighted by Crippen LogP contribution is 2.46. The average Bonchev–Trinajstić information content (AvgIpc) is 3.35. The molecule has 3 rings (SSSR count). The zero-order valence-electron chi connectivity index (χ0n) is 23.6. The van der Waals surface area contributed by atoms with Gasteiger partial charge in [-0.05, 0) is 34.6 Å². The van der Waals surface area contributed by atoms with Crippen molar-refractivity contribution in [2.24, 2.45) is 0 Å². The van der Waals surface area contributed by atoms with Crippen LogP contribution in [0.5, 0.6) is 0 Å². The van der Waals surface area contributed by atoms with Crippen LogP contribution in [0.25, 0.3) is 0 Å². The molecule has 3 fully saturated rings. The van der Waals surface area contributed by atoms with Crippen LogP contribution >= 0.6 is 0 Å². The molecule has 3 heterocycles. The Balaban J connectivity index is 1.33. The van der Waals surface area contributed by atoms with Crippen LogP contribution < -0.4 is 5.32 Å². The Hall–Kier alpha value is -1.14. The lowest BCUT2D eigenvalue weighted by atomic mass is 9.88. The summed E-state index contributed by atoms with van der Waals surface area (Å²) >= 11 is 0. The molecular formula is C24H43NO13S. The van der Waals surface area contributed by atoms with Crippen molar-refractivity contribution in [1.29, 1.82) is 0 Å². The largest absolute Gasteiger partial charge is 0.444 e. The van der Waals surface area contributed by atoms with Crippen LogP contribution in [0.15, 0.2) is 0 Å². The van der Waals surface area contributed by atoms with Gasteiger partial charge in [0.1, 0.15) is 29.5 Å². The molecule has 39 heavy (non-hydrogen) atoms. The Morgan fingerprint density at radius 1 is 0.897 bits per heavy atom. The Kier molecular flexibility index (Phi) is 11.4. The number of rotatable bonds is 16. The highest BCUT2D eigenvalue weighted by Gasteiger charge is 2.66. The lowest BCUT2D eigenvalue weighted by Gasteiger charge is -2.42. The lowest BCUT2D eigenvalue weighted by Crippen LogP contribution is -2.65. The first kappa shape index (κ1) is 32.4. The molecule has 0 saturated carbocycles. The molecule has 228 valence electrons. The summed E-state index contributed by atoms with van der Waals surface area (Å²) in [5.74, 6) is -0.873. The number of fused-ring (bicyclic) bond motifs is 4. The third kappa shape index (κ3) is 10.3. The summed E-state index contributed by atoms with van der Waals surface area (Å²) in [4.78, 5) is 12.5. The third-order valence-corrected chi connectivity index (χ3v) is 6.40. The van der Waals surface area contributed by atoms with Gasteiger partial charge in [0, 0.05) is 0 Å². The van der Waals surface area contributed by atoms with E-state index >= 15 is 0 Å². The van der Waals surface area contributed by atoms with E-state index in [2.05, 4.69) is 9.50 Å². The van der Waals surface area contributed by atoms with Crippen LogP contribution in [-0.2, 0) is 56.9 Å². The van der Waals surface area contributed by atoms with Gasteiger partial charge in [-0.3, -0.25) is 4.18 Å². The summed E-state index contributed by atoms with van der Waals surface area (Å²) < 4.78 is 78.1. The van der Waals surface area contributed by atoms with Gasteiger partial charge in [0.2, 0.25) is 0 Å². The van der Waals surface area contributed by atoms with Crippen molar-refractivity contribution >= 4 is 16.2 Å². The van der Waals surface area contributed by atoms with Crippen molar-refractivity contribution in [1.82, 2.24) is 5.32 Å². The molecule has 5 unspecified atom stereocenters. The van der Waals surface area contributed by atoms with Crippen molar-refractivity contribution in [2.45, 2.75) is 76.1 Å². The molecule has 0 aromatic rings. The number of carbonyl (C=O) groups is 1. The number of nitrogens with one attached hydrogen (secondary N) is 1. The Morgan fingerprint density at radius 2 is 1.46 bits per heavy atom. The molecule has 2 bridgehead atoms. The zero-order chi connectivity index (χ0) is 28.7. The van der Waals surface area contributed by atoms with Gasteiger partial charge in [0.25, 0.3) is 10.1 Å². The van der Waals surface area contributed by atoms with Crippen molar-refractivity contribution in [3.8, 4) is 0 Å². The highest BCUT2D eigenvalue weighted by molar-refractivity contribution is 7.85. The molecule has 0 aliphatic carbocycles. The summed E-state index contributed by atoms with van der Waals surface area (Å²) in [6.45, 7) is 11.6. The minimum absolute atomic E-state index is 0.0249. The van der Waals surface area contributed by atoms with Crippen LogP contribution in [0.2, 0.25) is 0 Å². The predicted octanol–water partition coefficient (Wildman–Crippen LogP) is 0.568. The normalized spacial score (nSPS) is 29.8. The van der Waals surface area contributed by atoms with Gasteiger partial charge in [-0.15, -0.1) is 0 Å². The van der Waals surface area contributed by atoms with Crippen molar-refractivity contribution < 1.29 is 60.0 Å². The van der Waals surface area contributed by atoms with Crippen LogP contribution in [0, 0.1) is 0 Å². The van der Waals surface area contributed by atoms with E-state index < -0.39 is 57.7 Å². The minimum Gasteiger partial charge on any atom is -0.444 e. The van der Waals surface area contributed by atoms with Crippen LogP contribution in [0.4, 0.5) is 4.79 Å². The van der Waals surface area contributed by atoms with Crippen molar-refractivity contribution in [3.63, 3.8) is 0 Å². The maximum atomic E-state index is 12.5. The molecular weight excluding hydrogens is 542 g/mol. The summed E-state index contributed by atoms with van der Waals surface area (Å²) in [5.41, 5.74) is -1.54. The molecule has 3 saturated heterocycles. The van der Waals surface area contributed by atoms with Crippen molar-refractivity contribution in [3.05, 3.63) is 0 Å². The van der Waals surface area contributed by atoms with Gasteiger partial charge >= 0.3 is 6.09 Å². The molecule has 1 amide bonds. The SMILES string of the molecule is CC(C)(C)OC(=O)NC1C2OCC(COCCOCCOCCOCCOS(C)(=O)=O)(O2)C2OC(C)(C)OC12. The van der Waals surface area contributed by atoms with E-state index in [1.807, 2.05) is 13.8 Å². The van der Waals surface area contributed by atoms with E-state index in [1.54, 1.807) is 20.8 Å². The van der Waals surface area contributed by atoms with Crippen molar-refractivity contribution in [2.75, 3.05) is 72.3 Å². The summed E-state index contributed by atoms with van der Waals surface area (Å²) in [6.07, 6.45) is -1.37. The van der Waals surface area contributed by atoms with E-state index in [0.29, 0.717) is 39.6 Å². The molecule has 0 radical (unpaired) electrons. The van der Waals surface area contributed by atoms with Gasteiger partial charge in [0.05, 0.1) is 72.3 Å². The lowest BCUT2D eigenvalue weighted by molar-refractivity contribution is -0.213. The smallest absolute Gasteiger partial charge is 0.408 e. The topological polar surface area (TPSA) is 156 Å². The first-order valence-corrected chi connectivity index (χ1v) is 14.8. The average molecular weight is 586 g/mol. The molecule has 5 atom stereocenters. The van der Waals surface area contributed by atoms with E-state index in [1.165, 1.54) is 0 Å². The van der Waals surface area contributed by atoms with Gasteiger partial charge < -0.3 is 47.9 Å². The van der Waals surface area contributed by atoms with Gasteiger partial charge in [0.15, 0.2) is 12.1 Å². The Labute approximate surface area is 230 Å². The standard InChI is InChI=1S/C24H43NO13S/c1-22(2,3)38-21(26)25-17-18-19(36-23(4,5)35-18)24(16-33-20(17)37-24)15-32-12-11-30-8-7-29-9-10-31-13-14-34-39(6,27)28/h17-20H,7-16H2,1-6H3,(H,25,26). The second kappa shape index (κ2) is 13.7. The fraction of sp³-hybridized carbons (Fsp3) is 0.958. The van der Waals surface area contributed by atoms with Crippen LogP contribution in [0.3, 0.4) is 0 Å². The second-order valence-corrected chi connectivity index (χ2v) is 12.6. The van der Waals surface area contributed by atoms with E-state index in [4.69, 9.17) is 42.6 Å². The van der Waals surface area contributed by atoms with Crippen LogP contribution in [0.1, 0.15) is 34.6 Å². The highest BCUT2D eigenvalue weighted by atomic mass is 32.2. The first-order chi connectivity index (χ1) is 18.2. The number of hydrogen-bond donors (Lipinski definition) is 1. The molecule has 3 aliphatic rings. The number of carbonyl (C=O) groups excluding carboxylic acids is 1. The third-order valence-electron chi connectivity index (χ3n) is 5.81. The minimum atomic E-state index is -3.45. The molecule has 14 nitrogen and oxygen atoms in total. The molecule has 0 aromatic heterocycles. The maximum absolute atomic E-state index is 12.5. The number of hydrogen-bond acceptors (Lipinski definition) is 13. The van der Waals surface area contributed by atoms with E-state index in [0.717, 1.165) is 6.26 Å². The summed E-state index contributed by atoms with van der Waals surface area (Å²) in [7, 11) is -3.45. The second-order valence-electron chi connectivity index (χ2n) is 11.0. The maximum Gasteiger partial charge on any atom is 0.408 e. The summed E-state index contributed by atoms with van der Waals surface area (Å²) in [5, 5.41) is 2.83. The molecule has 3 aliphatic heterocycles. The van der Waals surface area contributed by atoms with E-state index in [9.17, 15) is 13.2 Å². The number of amides is 1. The van der Waals surface area contributed by atoms with E-state index in [-0.39, 0.29) is 26.4 Å². The fourth-order valence-corrected chi connectivity index (χ4v) is 4.73. The first-order valence-electron chi connectivity index (χ1n) is 13.0. The Morgan fingerprint density at radius 3 is 2.03 bits per heavy atom. The summed E-state index contributed by atoms with van der Waals surface area (Å²) in [6, 6.07) is -0.614. The molecule has 1 N–H and O–H groups in total.